The van der Waals surface area contributed by atoms with Gasteiger partial charge in [-0.05, 0) is 41.8 Å². The lowest BCUT2D eigenvalue weighted by Gasteiger charge is -2.27. The predicted molar refractivity (Wildman–Crippen MR) is 83.0 cm³/mol. The number of nitrogen functional groups attached to an aromatic ring is 1. The molecule has 0 spiro atoms. The minimum atomic E-state index is 0.0488. The molecule has 0 aliphatic heterocycles. The van der Waals surface area contributed by atoms with Crippen LogP contribution in [-0.2, 0) is 0 Å². The van der Waals surface area contributed by atoms with Gasteiger partial charge in [0.1, 0.15) is 5.75 Å². The molecular weight excluding hydrogens is 266 g/mol. The summed E-state index contributed by atoms with van der Waals surface area (Å²) in [6.07, 6.45) is 0. The van der Waals surface area contributed by atoms with Crippen LogP contribution in [0.15, 0.2) is 18.2 Å². The molecule has 2 N–H and O–H groups in total. The Morgan fingerprint density at radius 3 is 2.62 bits per heavy atom. The number of ether oxygens (including phenoxy) is 1. The largest absolute Gasteiger partial charge is 0.494 e. The van der Waals surface area contributed by atoms with Gasteiger partial charge in [0.2, 0.25) is 0 Å². The summed E-state index contributed by atoms with van der Waals surface area (Å²) in [5.74, 6) is 1.43. The van der Waals surface area contributed by atoms with E-state index in [-0.39, 0.29) is 11.5 Å². The number of hydrogen-bond acceptors (Lipinski definition) is 5. The summed E-state index contributed by atoms with van der Waals surface area (Å²) in [4.78, 5) is 0. The van der Waals surface area contributed by atoms with Crippen molar-refractivity contribution in [2.45, 2.75) is 40.7 Å². The van der Waals surface area contributed by atoms with Gasteiger partial charge in [-0.3, -0.25) is 0 Å². The van der Waals surface area contributed by atoms with Gasteiger partial charge in [-0.15, -0.1) is 5.10 Å². The Labute approximate surface area is 125 Å². The molecule has 0 fully saturated rings. The average molecular weight is 289 g/mol. The molecule has 0 amide bonds. The minimum absolute atomic E-state index is 0.0488. The number of aromatic nitrogens is 4. The molecule has 6 heteroatoms. The summed E-state index contributed by atoms with van der Waals surface area (Å²) in [6, 6.07) is 5.73. The first-order valence-electron chi connectivity index (χ1n) is 7.14. The maximum Gasteiger partial charge on any atom is 0.182 e. The van der Waals surface area contributed by atoms with E-state index in [1.54, 1.807) is 6.07 Å². The Bertz CT molecular complexity index is 615. The summed E-state index contributed by atoms with van der Waals surface area (Å²) in [5, 5.41) is 12.1. The van der Waals surface area contributed by atoms with Crippen LogP contribution in [-0.4, -0.2) is 26.8 Å². The highest BCUT2D eigenvalue weighted by molar-refractivity contribution is 5.64. The normalized spacial score (nSPS) is 13.2. The van der Waals surface area contributed by atoms with Crippen LogP contribution >= 0.6 is 0 Å². The van der Waals surface area contributed by atoms with Crippen molar-refractivity contribution in [1.82, 2.24) is 20.2 Å². The summed E-state index contributed by atoms with van der Waals surface area (Å²) in [6.45, 7) is 11.1. The molecular formula is C15H23N5O. The Hall–Kier alpha value is -2.11. The summed E-state index contributed by atoms with van der Waals surface area (Å²) in [7, 11) is 0. The molecule has 1 heterocycles. The van der Waals surface area contributed by atoms with Crippen molar-refractivity contribution in [3.63, 3.8) is 0 Å². The Morgan fingerprint density at radius 1 is 1.29 bits per heavy atom. The van der Waals surface area contributed by atoms with Gasteiger partial charge in [0, 0.05) is 17.3 Å². The second kappa shape index (κ2) is 5.71. The van der Waals surface area contributed by atoms with Crippen LogP contribution in [0.4, 0.5) is 5.69 Å². The fourth-order valence-corrected chi connectivity index (χ4v) is 2.01. The van der Waals surface area contributed by atoms with E-state index in [0.29, 0.717) is 18.1 Å². The molecule has 0 radical (unpaired) electrons. The standard InChI is InChI=1S/C15H23N5O/c1-6-21-13-8-11(7-12(16)9-13)14-17-18-19-20(14)10(2)15(3,4)5/h7-10H,6,16H2,1-5H3. The number of rotatable bonds is 4. The van der Waals surface area contributed by atoms with Crippen LogP contribution in [0.1, 0.15) is 40.7 Å². The van der Waals surface area contributed by atoms with Gasteiger partial charge in [-0.2, -0.15) is 0 Å². The van der Waals surface area contributed by atoms with E-state index >= 15 is 0 Å². The van der Waals surface area contributed by atoms with Gasteiger partial charge in [0.25, 0.3) is 0 Å². The molecule has 1 atom stereocenters. The number of hydrogen-bond donors (Lipinski definition) is 1. The van der Waals surface area contributed by atoms with Crippen molar-refractivity contribution in [3.05, 3.63) is 18.2 Å². The maximum absolute atomic E-state index is 5.95. The first-order chi connectivity index (χ1) is 9.82. The van der Waals surface area contributed by atoms with E-state index in [4.69, 9.17) is 10.5 Å². The van der Waals surface area contributed by atoms with Crippen LogP contribution in [0.5, 0.6) is 5.75 Å². The Morgan fingerprint density at radius 2 is 2.00 bits per heavy atom. The maximum atomic E-state index is 5.95. The van der Waals surface area contributed by atoms with Crippen molar-refractivity contribution in [2.75, 3.05) is 12.3 Å². The third kappa shape index (κ3) is 3.32. The zero-order valence-electron chi connectivity index (χ0n) is 13.3. The van der Waals surface area contributed by atoms with E-state index in [0.717, 1.165) is 11.3 Å². The predicted octanol–water partition coefficient (Wildman–Crippen LogP) is 2.93. The lowest BCUT2D eigenvalue weighted by atomic mass is 9.88. The Balaban J connectivity index is 2.46. The number of nitrogens with zero attached hydrogens (tertiary/aromatic N) is 4. The third-order valence-electron chi connectivity index (χ3n) is 3.61. The number of benzene rings is 1. The van der Waals surface area contributed by atoms with Gasteiger partial charge in [0.05, 0.1) is 12.6 Å². The highest BCUT2D eigenvalue weighted by Gasteiger charge is 2.26. The second-order valence-electron chi connectivity index (χ2n) is 6.21. The zero-order valence-corrected chi connectivity index (χ0v) is 13.3. The Kier molecular flexibility index (Phi) is 4.16. The van der Waals surface area contributed by atoms with E-state index < -0.39 is 0 Å². The van der Waals surface area contributed by atoms with Gasteiger partial charge >= 0.3 is 0 Å². The highest BCUT2D eigenvalue weighted by atomic mass is 16.5. The zero-order chi connectivity index (χ0) is 15.6. The molecule has 114 valence electrons. The topological polar surface area (TPSA) is 78.8 Å². The van der Waals surface area contributed by atoms with Crippen molar-refractivity contribution in [1.29, 1.82) is 0 Å². The monoisotopic (exact) mass is 289 g/mol. The summed E-state index contributed by atoms with van der Waals surface area (Å²) in [5.41, 5.74) is 7.49. The second-order valence-corrected chi connectivity index (χ2v) is 6.21. The molecule has 21 heavy (non-hydrogen) atoms. The molecule has 1 aromatic carbocycles. The van der Waals surface area contributed by atoms with Crippen LogP contribution < -0.4 is 10.5 Å². The van der Waals surface area contributed by atoms with E-state index in [2.05, 4.69) is 43.2 Å². The quantitative estimate of drug-likeness (QED) is 0.875. The highest BCUT2D eigenvalue weighted by Crippen LogP contribution is 2.33. The number of nitrogens with two attached hydrogens (primary N) is 1. The minimum Gasteiger partial charge on any atom is -0.494 e. The molecule has 0 aliphatic carbocycles. The molecule has 0 saturated carbocycles. The fourth-order valence-electron chi connectivity index (χ4n) is 2.01. The van der Waals surface area contributed by atoms with Crippen LogP contribution in [0.3, 0.4) is 0 Å². The summed E-state index contributed by atoms with van der Waals surface area (Å²) < 4.78 is 7.37. The molecule has 0 saturated heterocycles. The first-order valence-corrected chi connectivity index (χ1v) is 7.14. The lowest BCUT2D eigenvalue weighted by molar-refractivity contribution is 0.243. The van der Waals surface area contributed by atoms with E-state index in [9.17, 15) is 0 Å². The first kappa shape index (κ1) is 15.3. The van der Waals surface area contributed by atoms with Crippen molar-refractivity contribution >= 4 is 5.69 Å². The van der Waals surface area contributed by atoms with Gasteiger partial charge in [-0.1, -0.05) is 20.8 Å². The number of tetrazole rings is 1. The molecule has 6 nitrogen and oxygen atoms in total. The van der Waals surface area contributed by atoms with Crippen LogP contribution in [0.2, 0.25) is 0 Å². The van der Waals surface area contributed by atoms with Gasteiger partial charge in [0.15, 0.2) is 5.82 Å². The molecule has 2 aromatic rings. The summed E-state index contributed by atoms with van der Waals surface area (Å²) >= 11 is 0. The van der Waals surface area contributed by atoms with Crippen molar-refractivity contribution in [2.24, 2.45) is 5.41 Å². The van der Waals surface area contributed by atoms with Crippen molar-refractivity contribution in [3.8, 4) is 17.1 Å². The van der Waals surface area contributed by atoms with Gasteiger partial charge in [-0.25, -0.2) is 4.68 Å². The SMILES string of the molecule is CCOc1cc(N)cc(-c2nnnn2C(C)C(C)(C)C)c1. The fraction of sp³-hybridized carbons (Fsp3) is 0.533. The lowest BCUT2D eigenvalue weighted by Crippen LogP contribution is -2.23. The molecule has 1 unspecified atom stereocenters. The number of anilines is 1. The van der Waals surface area contributed by atoms with E-state index in [1.165, 1.54) is 0 Å². The molecule has 0 bridgehead atoms. The average Bonchev–Trinajstić information content (AvgIpc) is 2.85. The molecule has 2 rings (SSSR count). The van der Waals surface area contributed by atoms with Gasteiger partial charge < -0.3 is 10.5 Å². The smallest absolute Gasteiger partial charge is 0.182 e. The van der Waals surface area contributed by atoms with E-state index in [1.807, 2.05) is 23.7 Å². The van der Waals surface area contributed by atoms with Crippen LogP contribution in [0, 0.1) is 5.41 Å². The molecule has 1 aromatic heterocycles. The third-order valence-corrected chi connectivity index (χ3v) is 3.61. The van der Waals surface area contributed by atoms with Crippen LogP contribution in [0.25, 0.3) is 11.4 Å². The molecule has 0 aliphatic rings. The van der Waals surface area contributed by atoms with Crippen molar-refractivity contribution < 1.29 is 4.74 Å².